The van der Waals surface area contributed by atoms with E-state index < -0.39 is 24.1 Å². The highest BCUT2D eigenvalue weighted by atomic mass is 16.6. The molecule has 2 N–H and O–H groups in total. The molecule has 4 unspecified atom stereocenters. The number of hydrogen-bond donors (Lipinski definition) is 2. The Morgan fingerprint density at radius 1 is 0.952 bits per heavy atom. The molecule has 4 aromatic carbocycles. The number of hydrogen-bond acceptors (Lipinski definition) is 4. The molecule has 1 fully saturated rings. The summed E-state index contributed by atoms with van der Waals surface area (Å²) in [5.41, 5.74) is 4.79. The van der Waals surface area contributed by atoms with Gasteiger partial charge >= 0.3 is 0 Å². The molecule has 8 nitrogen and oxygen atoms in total. The third-order valence-electron chi connectivity index (χ3n) is 9.82. The number of benzene rings is 4. The van der Waals surface area contributed by atoms with Gasteiger partial charge in [0.25, 0.3) is 11.8 Å². The van der Waals surface area contributed by atoms with Crippen molar-refractivity contribution >= 4 is 55.4 Å². The molecule has 2 aromatic heterocycles. The first-order chi connectivity index (χ1) is 20.4. The second-order valence-corrected chi connectivity index (χ2v) is 11.9. The van der Waals surface area contributed by atoms with Crippen LogP contribution < -0.4 is 5.32 Å². The molecule has 2 bridgehead atoms. The fourth-order valence-electron chi connectivity index (χ4n) is 7.97. The number of para-hydroxylation sites is 2. The van der Waals surface area contributed by atoms with Crippen molar-refractivity contribution in [1.29, 1.82) is 0 Å². The van der Waals surface area contributed by atoms with Crippen LogP contribution in [0.3, 0.4) is 0 Å². The Labute approximate surface area is 240 Å². The van der Waals surface area contributed by atoms with E-state index in [1.165, 1.54) is 0 Å². The number of aromatic nitrogens is 2. The predicted molar refractivity (Wildman–Crippen MR) is 160 cm³/mol. The number of carbonyl (C=O) groups excluding carboxylic acids is 2. The first-order valence-electron chi connectivity index (χ1n) is 14.4. The number of rotatable bonds is 2. The lowest BCUT2D eigenvalue weighted by Crippen LogP contribution is -2.60. The molecule has 4 atom stereocenters. The van der Waals surface area contributed by atoms with Gasteiger partial charge in [-0.15, -0.1) is 0 Å². The van der Waals surface area contributed by atoms with Gasteiger partial charge in [-0.05, 0) is 36.8 Å². The highest BCUT2D eigenvalue weighted by molar-refractivity contribution is 6.31. The first kappa shape index (κ1) is 24.0. The van der Waals surface area contributed by atoms with Crippen molar-refractivity contribution in [1.82, 2.24) is 19.4 Å². The van der Waals surface area contributed by atoms with E-state index in [9.17, 15) is 14.7 Å². The molecule has 8 heteroatoms. The van der Waals surface area contributed by atoms with Crippen LogP contribution in [0.5, 0.6) is 0 Å². The Morgan fingerprint density at radius 2 is 1.62 bits per heavy atom. The van der Waals surface area contributed by atoms with Crippen LogP contribution in [0.25, 0.3) is 43.6 Å². The number of carbonyl (C=O) groups is 2. The van der Waals surface area contributed by atoms with Crippen LogP contribution >= 0.6 is 0 Å². The number of ether oxygens (including phenoxy) is 1. The van der Waals surface area contributed by atoms with Gasteiger partial charge in [-0.25, -0.2) is 0 Å². The van der Waals surface area contributed by atoms with E-state index in [4.69, 9.17) is 4.74 Å². The summed E-state index contributed by atoms with van der Waals surface area (Å²) >= 11 is 0. The van der Waals surface area contributed by atoms with Crippen LogP contribution in [0.1, 0.15) is 45.9 Å². The van der Waals surface area contributed by atoms with Crippen molar-refractivity contribution in [3.63, 3.8) is 0 Å². The summed E-state index contributed by atoms with van der Waals surface area (Å²) in [5, 5.41) is 19.3. The largest absolute Gasteiger partial charge is 0.386 e. The van der Waals surface area contributed by atoms with E-state index in [0.29, 0.717) is 24.1 Å². The molecule has 3 aliphatic heterocycles. The lowest BCUT2D eigenvalue weighted by atomic mass is 9.91. The van der Waals surface area contributed by atoms with Crippen LogP contribution in [0, 0.1) is 0 Å². The highest BCUT2D eigenvalue weighted by Gasteiger charge is 2.54. The SMILES string of the molecule is CN(C(=O)c1ccccc1)C1CC2OC(C)(C1O)n1c3ccccc3c3c4c(c5c6ccccc6n2c5c31)C(=O)NC4. The van der Waals surface area contributed by atoms with Crippen molar-refractivity contribution in [3.05, 3.63) is 95.6 Å². The van der Waals surface area contributed by atoms with Crippen LogP contribution in [0.4, 0.5) is 0 Å². The van der Waals surface area contributed by atoms with Crippen molar-refractivity contribution in [2.24, 2.45) is 0 Å². The molecule has 2 amide bonds. The maximum atomic E-state index is 13.7. The standard InChI is InChI=1S/C34H28N4O4/c1-34-31(39)24(36(2)33(41)18-10-4-3-5-11-18)16-25(42-34)37-22-14-8-6-12-19(22)27-28-21(17-35-32(28)40)26-20-13-7-9-15-23(20)38(34)30(26)29(27)37/h3-15,24-25,31,39H,16-17H2,1-2H3,(H,35,40). The zero-order valence-electron chi connectivity index (χ0n) is 23.2. The number of likely N-dealkylation sites (N-methyl/N-ethyl adjacent to an activating group) is 1. The average Bonchev–Trinajstić information content (AvgIpc) is 3.66. The third kappa shape index (κ3) is 2.74. The number of aliphatic hydroxyl groups is 1. The molecule has 3 aliphatic rings. The molecule has 0 radical (unpaired) electrons. The molecule has 42 heavy (non-hydrogen) atoms. The van der Waals surface area contributed by atoms with Gasteiger partial charge in [0.2, 0.25) is 0 Å². The quantitative estimate of drug-likeness (QED) is 0.305. The van der Waals surface area contributed by atoms with Crippen molar-refractivity contribution in [2.45, 2.75) is 44.0 Å². The molecular formula is C34H28N4O4. The van der Waals surface area contributed by atoms with Gasteiger partial charge in [0, 0.05) is 47.1 Å². The van der Waals surface area contributed by atoms with Gasteiger partial charge < -0.3 is 29.2 Å². The van der Waals surface area contributed by atoms with Crippen molar-refractivity contribution < 1.29 is 19.4 Å². The third-order valence-corrected chi connectivity index (χ3v) is 9.82. The number of nitrogens with zero attached hydrogens (tertiary/aromatic N) is 3. The molecule has 1 saturated heterocycles. The lowest BCUT2D eigenvalue weighted by molar-refractivity contribution is -0.257. The van der Waals surface area contributed by atoms with Crippen molar-refractivity contribution in [3.8, 4) is 0 Å². The van der Waals surface area contributed by atoms with E-state index in [0.717, 1.165) is 49.2 Å². The summed E-state index contributed by atoms with van der Waals surface area (Å²) in [7, 11) is 1.77. The second kappa shape index (κ2) is 8.00. The maximum absolute atomic E-state index is 13.7. The van der Waals surface area contributed by atoms with E-state index in [1.54, 1.807) is 24.1 Å². The van der Waals surface area contributed by atoms with Gasteiger partial charge in [0.15, 0.2) is 5.72 Å². The summed E-state index contributed by atoms with van der Waals surface area (Å²) < 4.78 is 11.3. The van der Waals surface area contributed by atoms with E-state index >= 15 is 0 Å². The zero-order chi connectivity index (χ0) is 28.5. The van der Waals surface area contributed by atoms with E-state index in [2.05, 4.69) is 38.7 Å². The molecular weight excluding hydrogens is 528 g/mol. The Balaban J connectivity index is 1.42. The number of aliphatic hydroxyl groups excluding tert-OH is 1. The fraction of sp³-hybridized carbons (Fsp3) is 0.235. The van der Waals surface area contributed by atoms with Gasteiger partial charge in [0.05, 0.1) is 33.7 Å². The molecule has 6 aromatic rings. The van der Waals surface area contributed by atoms with Crippen LogP contribution in [0.2, 0.25) is 0 Å². The summed E-state index contributed by atoms with van der Waals surface area (Å²) in [6.45, 7) is 2.37. The lowest BCUT2D eigenvalue weighted by Gasteiger charge is -2.49. The minimum Gasteiger partial charge on any atom is -0.386 e. The second-order valence-electron chi connectivity index (χ2n) is 11.9. The fourth-order valence-corrected chi connectivity index (χ4v) is 7.97. The zero-order valence-corrected chi connectivity index (χ0v) is 23.2. The Hall–Kier alpha value is -4.66. The highest BCUT2D eigenvalue weighted by Crippen LogP contribution is 2.53. The topological polar surface area (TPSA) is 88.7 Å². The van der Waals surface area contributed by atoms with Gasteiger partial charge in [0.1, 0.15) is 12.3 Å². The Morgan fingerprint density at radius 3 is 2.38 bits per heavy atom. The Bertz CT molecular complexity index is 2160. The number of fused-ring (bicyclic) bond motifs is 13. The summed E-state index contributed by atoms with van der Waals surface area (Å²) in [5.74, 6) is -0.225. The molecule has 0 saturated carbocycles. The minimum absolute atomic E-state index is 0.0721. The van der Waals surface area contributed by atoms with Crippen LogP contribution in [-0.2, 0) is 17.0 Å². The van der Waals surface area contributed by atoms with Gasteiger partial charge in [-0.1, -0.05) is 54.6 Å². The van der Waals surface area contributed by atoms with E-state index in [1.807, 2.05) is 49.4 Å². The van der Waals surface area contributed by atoms with Crippen LogP contribution in [-0.4, -0.2) is 50.1 Å². The summed E-state index contributed by atoms with van der Waals surface area (Å²) in [6, 6.07) is 24.9. The molecule has 208 valence electrons. The molecule has 9 rings (SSSR count). The van der Waals surface area contributed by atoms with Gasteiger partial charge in [-0.2, -0.15) is 0 Å². The maximum Gasteiger partial charge on any atom is 0.253 e. The van der Waals surface area contributed by atoms with E-state index in [-0.39, 0.29) is 11.8 Å². The van der Waals surface area contributed by atoms with Crippen molar-refractivity contribution in [2.75, 3.05) is 7.05 Å². The predicted octanol–water partition coefficient (Wildman–Crippen LogP) is 5.25. The molecule has 0 aliphatic carbocycles. The summed E-state index contributed by atoms with van der Waals surface area (Å²) in [6.07, 6.45) is -1.15. The Kier molecular flexibility index (Phi) is 4.57. The average molecular weight is 557 g/mol. The molecule has 5 heterocycles. The smallest absolute Gasteiger partial charge is 0.253 e. The number of nitrogens with one attached hydrogen (secondary N) is 1. The minimum atomic E-state index is -1.21. The van der Waals surface area contributed by atoms with Gasteiger partial charge in [-0.3, -0.25) is 9.59 Å². The summed E-state index contributed by atoms with van der Waals surface area (Å²) in [4.78, 5) is 28.9. The first-order valence-corrected chi connectivity index (χ1v) is 14.4. The molecule has 0 spiro atoms. The van der Waals surface area contributed by atoms with Crippen LogP contribution in [0.15, 0.2) is 78.9 Å². The monoisotopic (exact) mass is 556 g/mol. The number of amides is 2. The normalized spacial score (nSPS) is 24.5.